The van der Waals surface area contributed by atoms with Crippen molar-refractivity contribution in [2.75, 3.05) is 11.1 Å². The summed E-state index contributed by atoms with van der Waals surface area (Å²) < 4.78 is 0. The van der Waals surface area contributed by atoms with E-state index in [1.165, 1.54) is 17.5 Å². The lowest BCUT2D eigenvalue weighted by Gasteiger charge is -2.11. The molecule has 0 saturated carbocycles. The molecule has 1 aliphatic carbocycles. The predicted octanol–water partition coefficient (Wildman–Crippen LogP) is 4.91. The molecule has 1 atom stereocenters. The van der Waals surface area contributed by atoms with Gasteiger partial charge >= 0.3 is 0 Å². The van der Waals surface area contributed by atoms with Gasteiger partial charge in [-0.2, -0.15) is 11.8 Å². The lowest BCUT2D eigenvalue weighted by atomic mass is 10.1. The Balaban J connectivity index is 1.34. The molecule has 2 N–H and O–H groups in total. The predicted molar refractivity (Wildman–Crippen MR) is 122 cm³/mol. The molecule has 3 aromatic rings. The lowest BCUT2D eigenvalue weighted by Crippen LogP contribution is -2.14. The molecule has 2 heterocycles. The number of thioether (sulfide) groups is 1. The number of thiophene rings is 1. The number of nitrogens with zero attached hydrogens (tertiary/aromatic N) is 1. The molecular formula is C22H25N3O2S2. The lowest BCUT2D eigenvalue weighted by molar-refractivity contribution is -0.115. The number of aromatic amines is 1. The molecule has 0 saturated heterocycles. The Kier molecular flexibility index (Phi) is 5.79. The highest BCUT2D eigenvalue weighted by atomic mass is 32.2. The minimum Gasteiger partial charge on any atom is -0.326 e. The van der Waals surface area contributed by atoms with E-state index in [2.05, 4.69) is 27.4 Å². The number of anilines is 1. The van der Waals surface area contributed by atoms with Crippen LogP contribution in [0, 0.1) is 13.8 Å². The minimum absolute atomic E-state index is 0.0163. The maximum absolute atomic E-state index is 12.4. The number of hydrogen-bond acceptors (Lipinski definition) is 5. The number of amides is 1. The molecule has 4 rings (SSSR count). The van der Waals surface area contributed by atoms with E-state index in [4.69, 9.17) is 0 Å². The van der Waals surface area contributed by atoms with Gasteiger partial charge in [0.15, 0.2) is 0 Å². The number of aromatic nitrogens is 2. The van der Waals surface area contributed by atoms with Crippen molar-refractivity contribution in [3.8, 4) is 0 Å². The molecule has 2 aromatic heterocycles. The van der Waals surface area contributed by atoms with Gasteiger partial charge in [0.05, 0.1) is 10.6 Å². The van der Waals surface area contributed by atoms with Crippen LogP contribution in [0.4, 0.5) is 5.69 Å². The third-order valence-electron chi connectivity index (χ3n) is 5.52. The van der Waals surface area contributed by atoms with Gasteiger partial charge in [0, 0.05) is 22.7 Å². The summed E-state index contributed by atoms with van der Waals surface area (Å²) in [5.74, 6) is 1.36. The molecule has 0 radical (unpaired) electrons. The highest BCUT2D eigenvalue weighted by Gasteiger charge is 2.16. The second-order valence-corrected chi connectivity index (χ2v) is 10.2. The number of benzene rings is 1. The summed E-state index contributed by atoms with van der Waals surface area (Å²) >= 11 is 3.19. The van der Waals surface area contributed by atoms with Crippen molar-refractivity contribution in [1.29, 1.82) is 0 Å². The van der Waals surface area contributed by atoms with Crippen molar-refractivity contribution in [2.45, 2.75) is 51.7 Å². The van der Waals surface area contributed by atoms with Crippen LogP contribution in [0.25, 0.3) is 10.2 Å². The molecule has 1 amide bonds. The molecule has 7 heteroatoms. The standard InChI is InChI=1S/C22H25N3O2S2/c1-12-13(2)29-22-19(12)21(27)24-20(25-22)14(3)28-10-9-18(26)23-17-8-7-15-5-4-6-16(15)11-17/h7-8,11,14H,4-6,9-10H2,1-3H3,(H,23,26)(H,24,25,27). The van der Waals surface area contributed by atoms with Crippen LogP contribution < -0.4 is 10.9 Å². The van der Waals surface area contributed by atoms with Crippen molar-refractivity contribution < 1.29 is 4.79 Å². The molecule has 1 unspecified atom stereocenters. The summed E-state index contributed by atoms with van der Waals surface area (Å²) in [7, 11) is 0. The van der Waals surface area contributed by atoms with Gasteiger partial charge < -0.3 is 10.3 Å². The summed E-state index contributed by atoms with van der Waals surface area (Å²) in [6.45, 7) is 5.99. The highest BCUT2D eigenvalue weighted by molar-refractivity contribution is 7.99. The molecule has 0 fully saturated rings. The van der Waals surface area contributed by atoms with Crippen molar-refractivity contribution in [3.05, 3.63) is 55.9 Å². The van der Waals surface area contributed by atoms with E-state index < -0.39 is 0 Å². The van der Waals surface area contributed by atoms with E-state index >= 15 is 0 Å². The Morgan fingerprint density at radius 2 is 2.10 bits per heavy atom. The molecule has 152 valence electrons. The van der Waals surface area contributed by atoms with E-state index in [0.717, 1.165) is 33.8 Å². The van der Waals surface area contributed by atoms with Crippen LogP contribution in [0.15, 0.2) is 23.0 Å². The number of aryl methyl sites for hydroxylation is 4. The van der Waals surface area contributed by atoms with Gasteiger partial charge in [-0.05, 0) is 68.9 Å². The van der Waals surface area contributed by atoms with Gasteiger partial charge in [-0.1, -0.05) is 6.07 Å². The van der Waals surface area contributed by atoms with Crippen LogP contribution in [0.3, 0.4) is 0 Å². The highest BCUT2D eigenvalue weighted by Crippen LogP contribution is 2.30. The first kappa shape index (κ1) is 20.2. The number of hydrogen-bond donors (Lipinski definition) is 2. The van der Waals surface area contributed by atoms with Crippen LogP contribution in [-0.4, -0.2) is 21.6 Å². The third-order valence-corrected chi connectivity index (χ3v) is 7.79. The first-order valence-electron chi connectivity index (χ1n) is 9.95. The first-order valence-corrected chi connectivity index (χ1v) is 11.8. The van der Waals surface area contributed by atoms with Gasteiger partial charge in [0.1, 0.15) is 10.7 Å². The average Bonchev–Trinajstić information content (AvgIpc) is 3.25. The second kappa shape index (κ2) is 8.32. The summed E-state index contributed by atoms with van der Waals surface area (Å²) in [6.07, 6.45) is 3.87. The fourth-order valence-electron chi connectivity index (χ4n) is 3.74. The smallest absolute Gasteiger partial charge is 0.259 e. The van der Waals surface area contributed by atoms with Gasteiger partial charge in [0.2, 0.25) is 5.91 Å². The van der Waals surface area contributed by atoms with Crippen molar-refractivity contribution in [1.82, 2.24) is 9.97 Å². The van der Waals surface area contributed by atoms with Gasteiger partial charge in [0.25, 0.3) is 5.56 Å². The fourth-order valence-corrected chi connectivity index (χ4v) is 5.71. The third kappa shape index (κ3) is 4.26. The fraction of sp³-hybridized carbons (Fsp3) is 0.409. The topological polar surface area (TPSA) is 74.8 Å². The van der Waals surface area contributed by atoms with Crippen LogP contribution >= 0.6 is 23.1 Å². The zero-order valence-electron chi connectivity index (χ0n) is 16.9. The van der Waals surface area contributed by atoms with Crippen molar-refractivity contribution in [3.63, 3.8) is 0 Å². The maximum Gasteiger partial charge on any atom is 0.259 e. The summed E-state index contributed by atoms with van der Waals surface area (Å²) in [6, 6.07) is 6.22. The van der Waals surface area contributed by atoms with Gasteiger partial charge in [-0.15, -0.1) is 11.3 Å². The average molecular weight is 428 g/mol. The number of rotatable bonds is 6. The van der Waals surface area contributed by atoms with E-state index in [9.17, 15) is 9.59 Å². The number of fused-ring (bicyclic) bond motifs is 2. The van der Waals surface area contributed by atoms with Crippen LogP contribution in [0.2, 0.25) is 0 Å². The number of nitrogens with one attached hydrogen (secondary N) is 2. The second-order valence-electron chi connectivity index (χ2n) is 7.56. The first-order chi connectivity index (χ1) is 13.9. The number of carbonyl (C=O) groups excluding carboxylic acids is 1. The Morgan fingerprint density at radius 1 is 1.31 bits per heavy atom. The van der Waals surface area contributed by atoms with E-state index in [-0.39, 0.29) is 16.7 Å². The number of H-pyrrole nitrogens is 1. The zero-order valence-corrected chi connectivity index (χ0v) is 18.6. The minimum atomic E-state index is -0.0753. The number of carbonyl (C=O) groups is 1. The Bertz CT molecular complexity index is 1130. The molecular weight excluding hydrogens is 402 g/mol. The van der Waals surface area contributed by atoms with Crippen molar-refractivity contribution >= 4 is 44.9 Å². The van der Waals surface area contributed by atoms with E-state index in [1.54, 1.807) is 23.1 Å². The molecule has 0 bridgehead atoms. The molecule has 1 aliphatic rings. The monoisotopic (exact) mass is 427 g/mol. The quantitative estimate of drug-likeness (QED) is 0.586. The summed E-state index contributed by atoms with van der Waals surface area (Å²) in [5, 5.41) is 3.72. The molecule has 29 heavy (non-hydrogen) atoms. The van der Waals surface area contributed by atoms with Gasteiger partial charge in [-0.3, -0.25) is 9.59 Å². The summed E-state index contributed by atoms with van der Waals surface area (Å²) in [5.41, 5.74) is 4.58. The van der Waals surface area contributed by atoms with Crippen LogP contribution in [-0.2, 0) is 17.6 Å². The maximum atomic E-state index is 12.4. The van der Waals surface area contributed by atoms with Gasteiger partial charge in [-0.25, -0.2) is 4.98 Å². The Morgan fingerprint density at radius 3 is 2.93 bits per heavy atom. The molecule has 0 aliphatic heterocycles. The Labute approximate surface area is 178 Å². The van der Waals surface area contributed by atoms with E-state index in [0.29, 0.717) is 23.4 Å². The molecule has 5 nitrogen and oxygen atoms in total. The molecule has 0 spiro atoms. The van der Waals surface area contributed by atoms with Crippen LogP contribution in [0.1, 0.15) is 52.4 Å². The van der Waals surface area contributed by atoms with E-state index in [1.807, 2.05) is 26.8 Å². The van der Waals surface area contributed by atoms with Crippen LogP contribution in [0.5, 0.6) is 0 Å². The SMILES string of the molecule is Cc1sc2nc(C(C)SCCC(=O)Nc3ccc4c(c3)CCC4)[nH]c(=O)c2c1C. The normalized spacial score (nSPS) is 14.2. The largest absolute Gasteiger partial charge is 0.326 e. The molecule has 1 aromatic carbocycles. The zero-order chi connectivity index (χ0) is 20.5. The Hall–Kier alpha value is -2.12. The summed E-state index contributed by atoms with van der Waals surface area (Å²) in [4.78, 5) is 34.2. The van der Waals surface area contributed by atoms with Crippen molar-refractivity contribution in [2.24, 2.45) is 0 Å².